The van der Waals surface area contributed by atoms with Gasteiger partial charge in [0.2, 0.25) is 0 Å². The second kappa shape index (κ2) is 7.58. The molecular formula is C19H22. The minimum absolute atomic E-state index is 0.551. The van der Waals surface area contributed by atoms with Crippen LogP contribution in [-0.4, -0.2) is 0 Å². The van der Waals surface area contributed by atoms with Gasteiger partial charge in [0, 0.05) is 5.92 Å². The Kier molecular flexibility index (Phi) is 5.43. The summed E-state index contributed by atoms with van der Waals surface area (Å²) < 4.78 is 0. The first kappa shape index (κ1) is 13.6. The Morgan fingerprint density at radius 2 is 1.53 bits per heavy atom. The lowest BCUT2D eigenvalue weighted by Crippen LogP contribution is -1.94. The average molecular weight is 250 g/mol. The van der Waals surface area contributed by atoms with Gasteiger partial charge in [-0.3, -0.25) is 0 Å². The second-order valence-corrected chi connectivity index (χ2v) is 4.92. The minimum Gasteiger partial charge on any atom is -0.0835 e. The Morgan fingerprint density at radius 3 is 2.16 bits per heavy atom. The summed E-state index contributed by atoms with van der Waals surface area (Å²) in [6, 6.07) is 21.4. The van der Waals surface area contributed by atoms with Crippen molar-refractivity contribution in [2.45, 2.75) is 32.1 Å². The molecule has 2 aromatic rings. The van der Waals surface area contributed by atoms with Crippen molar-refractivity contribution in [3.05, 3.63) is 83.9 Å². The van der Waals surface area contributed by atoms with Crippen LogP contribution in [0.25, 0.3) is 0 Å². The Hall–Kier alpha value is -1.82. The zero-order valence-corrected chi connectivity index (χ0v) is 11.6. The van der Waals surface area contributed by atoms with Gasteiger partial charge < -0.3 is 0 Å². The highest BCUT2D eigenvalue weighted by Crippen LogP contribution is 2.22. The molecule has 98 valence electrons. The summed E-state index contributed by atoms with van der Waals surface area (Å²) in [4.78, 5) is 0. The molecule has 0 heteroatoms. The fraction of sp³-hybridized carbons (Fsp3) is 0.263. The molecule has 0 spiro atoms. The molecule has 1 atom stereocenters. The SMILES string of the molecule is CCCC(C=CCc1ccccc1)c1ccccc1. The highest BCUT2D eigenvalue weighted by Gasteiger charge is 2.05. The summed E-state index contributed by atoms with van der Waals surface area (Å²) in [7, 11) is 0. The maximum absolute atomic E-state index is 2.37. The first-order valence-corrected chi connectivity index (χ1v) is 7.15. The number of allylic oxidation sites excluding steroid dienone is 2. The molecule has 0 fully saturated rings. The van der Waals surface area contributed by atoms with Crippen LogP contribution in [0.15, 0.2) is 72.8 Å². The van der Waals surface area contributed by atoms with Crippen molar-refractivity contribution in [3.63, 3.8) is 0 Å². The molecule has 2 rings (SSSR count). The molecule has 19 heavy (non-hydrogen) atoms. The molecule has 0 saturated heterocycles. The van der Waals surface area contributed by atoms with Crippen molar-refractivity contribution in [2.24, 2.45) is 0 Å². The van der Waals surface area contributed by atoms with Gasteiger partial charge in [0.1, 0.15) is 0 Å². The quantitative estimate of drug-likeness (QED) is 0.605. The molecule has 0 radical (unpaired) electrons. The monoisotopic (exact) mass is 250 g/mol. The van der Waals surface area contributed by atoms with Crippen LogP contribution in [0.3, 0.4) is 0 Å². The van der Waals surface area contributed by atoms with E-state index in [0.717, 1.165) is 6.42 Å². The molecule has 0 nitrogen and oxygen atoms in total. The van der Waals surface area contributed by atoms with Gasteiger partial charge in [0.25, 0.3) is 0 Å². The third kappa shape index (κ3) is 4.40. The molecule has 0 bridgehead atoms. The normalized spacial score (nSPS) is 12.7. The topological polar surface area (TPSA) is 0 Å². The van der Waals surface area contributed by atoms with E-state index in [9.17, 15) is 0 Å². The van der Waals surface area contributed by atoms with E-state index < -0.39 is 0 Å². The Labute approximate surface area is 116 Å². The predicted molar refractivity (Wildman–Crippen MR) is 83.4 cm³/mol. The van der Waals surface area contributed by atoms with Crippen LogP contribution in [0.4, 0.5) is 0 Å². The van der Waals surface area contributed by atoms with Crippen molar-refractivity contribution in [1.29, 1.82) is 0 Å². The first-order chi connectivity index (χ1) is 9.40. The zero-order valence-electron chi connectivity index (χ0n) is 11.6. The van der Waals surface area contributed by atoms with E-state index in [-0.39, 0.29) is 0 Å². The fourth-order valence-corrected chi connectivity index (χ4v) is 2.37. The maximum Gasteiger partial charge on any atom is 0.00179 e. The number of hydrogen-bond donors (Lipinski definition) is 0. The van der Waals surface area contributed by atoms with Gasteiger partial charge in [-0.1, -0.05) is 86.2 Å². The standard InChI is InChI=1S/C19H22/c1-2-10-18(19-14-7-4-8-15-19)16-9-13-17-11-5-3-6-12-17/h3-9,11-12,14-16,18H,2,10,13H2,1H3. The molecule has 2 aromatic carbocycles. The summed E-state index contributed by atoms with van der Waals surface area (Å²) >= 11 is 0. The maximum atomic E-state index is 2.37. The van der Waals surface area contributed by atoms with Crippen molar-refractivity contribution < 1.29 is 0 Å². The molecule has 1 unspecified atom stereocenters. The lowest BCUT2D eigenvalue weighted by Gasteiger charge is -2.11. The first-order valence-electron chi connectivity index (χ1n) is 7.15. The lowest BCUT2D eigenvalue weighted by molar-refractivity contribution is 0.715. The predicted octanol–water partition coefficient (Wildman–Crippen LogP) is 5.37. The molecule has 0 amide bonds. The van der Waals surface area contributed by atoms with Crippen LogP contribution in [0.1, 0.15) is 36.8 Å². The van der Waals surface area contributed by atoms with E-state index in [0.29, 0.717) is 5.92 Å². The van der Waals surface area contributed by atoms with Gasteiger partial charge >= 0.3 is 0 Å². The molecular weight excluding hydrogens is 228 g/mol. The van der Waals surface area contributed by atoms with Crippen LogP contribution >= 0.6 is 0 Å². The fourth-order valence-electron chi connectivity index (χ4n) is 2.37. The van der Waals surface area contributed by atoms with Crippen LogP contribution in [0, 0.1) is 0 Å². The van der Waals surface area contributed by atoms with Gasteiger partial charge in [-0.25, -0.2) is 0 Å². The summed E-state index contributed by atoms with van der Waals surface area (Å²) in [5.74, 6) is 0.551. The van der Waals surface area contributed by atoms with Gasteiger partial charge in [0.15, 0.2) is 0 Å². The van der Waals surface area contributed by atoms with Crippen LogP contribution < -0.4 is 0 Å². The molecule has 0 aliphatic carbocycles. The van der Waals surface area contributed by atoms with E-state index >= 15 is 0 Å². The van der Waals surface area contributed by atoms with Crippen molar-refractivity contribution in [2.75, 3.05) is 0 Å². The van der Waals surface area contributed by atoms with Crippen molar-refractivity contribution in [1.82, 2.24) is 0 Å². The average Bonchev–Trinajstić information content (AvgIpc) is 2.48. The van der Waals surface area contributed by atoms with Crippen LogP contribution in [0.5, 0.6) is 0 Å². The Morgan fingerprint density at radius 1 is 0.895 bits per heavy atom. The van der Waals surface area contributed by atoms with Crippen LogP contribution in [0.2, 0.25) is 0 Å². The molecule has 0 aliphatic heterocycles. The van der Waals surface area contributed by atoms with Crippen molar-refractivity contribution >= 4 is 0 Å². The summed E-state index contributed by atoms with van der Waals surface area (Å²) in [5.41, 5.74) is 2.80. The van der Waals surface area contributed by atoms with Gasteiger partial charge in [-0.2, -0.15) is 0 Å². The van der Waals surface area contributed by atoms with Gasteiger partial charge in [-0.05, 0) is 24.0 Å². The number of benzene rings is 2. The van der Waals surface area contributed by atoms with E-state index in [1.807, 2.05) is 0 Å². The number of rotatable bonds is 6. The largest absolute Gasteiger partial charge is 0.0835 e. The second-order valence-electron chi connectivity index (χ2n) is 4.92. The lowest BCUT2D eigenvalue weighted by atomic mass is 9.93. The van der Waals surface area contributed by atoms with E-state index in [4.69, 9.17) is 0 Å². The Bertz CT molecular complexity index is 482. The molecule has 0 N–H and O–H groups in total. The molecule has 0 aliphatic rings. The summed E-state index contributed by atoms with van der Waals surface area (Å²) in [6.45, 7) is 2.25. The van der Waals surface area contributed by atoms with Crippen LogP contribution in [-0.2, 0) is 6.42 Å². The molecule has 0 aromatic heterocycles. The van der Waals surface area contributed by atoms with Crippen molar-refractivity contribution in [3.8, 4) is 0 Å². The smallest absolute Gasteiger partial charge is 0.00179 e. The summed E-state index contributed by atoms with van der Waals surface area (Å²) in [5, 5.41) is 0. The van der Waals surface area contributed by atoms with Gasteiger partial charge in [0.05, 0.1) is 0 Å². The minimum atomic E-state index is 0.551. The molecule has 0 heterocycles. The third-order valence-corrected chi connectivity index (χ3v) is 3.39. The number of hydrogen-bond acceptors (Lipinski definition) is 0. The molecule has 0 saturated carbocycles. The Balaban J connectivity index is 2.01. The third-order valence-electron chi connectivity index (χ3n) is 3.39. The summed E-state index contributed by atoms with van der Waals surface area (Å²) in [6.07, 6.45) is 8.13. The highest BCUT2D eigenvalue weighted by atomic mass is 14.1. The zero-order chi connectivity index (χ0) is 13.3. The van der Waals surface area contributed by atoms with E-state index in [1.54, 1.807) is 0 Å². The van der Waals surface area contributed by atoms with E-state index in [2.05, 4.69) is 79.7 Å². The highest BCUT2D eigenvalue weighted by molar-refractivity contribution is 5.25. The van der Waals surface area contributed by atoms with Gasteiger partial charge in [-0.15, -0.1) is 0 Å². The van der Waals surface area contributed by atoms with E-state index in [1.165, 1.54) is 24.0 Å².